The molecule has 112 valence electrons. The van der Waals surface area contributed by atoms with Crippen LogP contribution in [0.1, 0.15) is 0 Å². The number of nitrogens with zero attached hydrogens (tertiary/aromatic N) is 5. The van der Waals surface area contributed by atoms with Crippen molar-refractivity contribution in [1.82, 2.24) is 24.8 Å². The van der Waals surface area contributed by atoms with E-state index in [9.17, 15) is 0 Å². The normalized spacial score (nSPS) is 20.7. The predicted molar refractivity (Wildman–Crippen MR) is 78.3 cm³/mol. The molecular weight excluding hydrogens is 258 g/mol. The molecule has 1 aliphatic heterocycles. The number of hydrogen-bond acceptors (Lipinski definition) is 8. The van der Waals surface area contributed by atoms with Crippen LogP contribution in [0.3, 0.4) is 0 Å². The third-order valence-electron chi connectivity index (χ3n) is 3.50. The van der Waals surface area contributed by atoms with Crippen LogP contribution in [0.4, 0.5) is 11.9 Å². The maximum absolute atomic E-state index is 5.07. The van der Waals surface area contributed by atoms with Crippen molar-refractivity contribution in [3.63, 3.8) is 0 Å². The quantitative estimate of drug-likeness (QED) is 0.753. The van der Waals surface area contributed by atoms with E-state index in [4.69, 9.17) is 4.74 Å². The van der Waals surface area contributed by atoms with Gasteiger partial charge >= 0.3 is 6.01 Å². The summed E-state index contributed by atoms with van der Waals surface area (Å²) in [6.45, 7) is 4.00. The number of hydrogen-bond donors (Lipinski definition) is 2. The molecule has 1 atom stereocenters. The van der Waals surface area contributed by atoms with E-state index in [1.165, 1.54) is 0 Å². The third-order valence-corrected chi connectivity index (χ3v) is 3.50. The van der Waals surface area contributed by atoms with Crippen molar-refractivity contribution in [2.45, 2.75) is 6.04 Å². The molecule has 0 bridgehead atoms. The van der Waals surface area contributed by atoms with Crippen LogP contribution in [-0.2, 0) is 0 Å². The molecule has 0 aromatic carbocycles. The Bertz CT molecular complexity index is 420. The van der Waals surface area contributed by atoms with Crippen LogP contribution in [0.25, 0.3) is 0 Å². The van der Waals surface area contributed by atoms with E-state index in [1.54, 1.807) is 14.2 Å². The highest BCUT2D eigenvalue weighted by Crippen LogP contribution is 2.11. The second-order valence-corrected chi connectivity index (χ2v) is 5.00. The van der Waals surface area contributed by atoms with Gasteiger partial charge in [0, 0.05) is 39.3 Å². The highest BCUT2D eigenvalue weighted by Gasteiger charge is 2.22. The molecule has 0 aliphatic carbocycles. The molecule has 1 unspecified atom stereocenters. The predicted octanol–water partition coefficient (Wildman–Crippen LogP) is -0.420. The zero-order valence-electron chi connectivity index (χ0n) is 12.6. The number of methoxy groups -OCH3 is 1. The summed E-state index contributed by atoms with van der Waals surface area (Å²) in [7, 11) is 7.60. The first kappa shape index (κ1) is 14.7. The molecule has 1 aliphatic rings. The van der Waals surface area contributed by atoms with Crippen molar-refractivity contribution in [3.8, 4) is 6.01 Å². The van der Waals surface area contributed by atoms with E-state index >= 15 is 0 Å². The molecule has 0 radical (unpaired) electrons. The molecule has 1 saturated heterocycles. The zero-order valence-corrected chi connectivity index (χ0v) is 12.6. The molecular formula is C12H23N7O. The molecule has 8 nitrogen and oxygen atoms in total. The van der Waals surface area contributed by atoms with Crippen LogP contribution in [0, 0.1) is 0 Å². The molecule has 1 aromatic rings. The smallest absolute Gasteiger partial charge is 0.322 e. The average molecular weight is 281 g/mol. The van der Waals surface area contributed by atoms with Gasteiger partial charge in [0.2, 0.25) is 11.9 Å². The Morgan fingerprint density at radius 1 is 1.20 bits per heavy atom. The zero-order chi connectivity index (χ0) is 14.5. The number of anilines is 2. The molecule has 2 N–H and O–H groups in total. The molecule has 1 aromatic heterocycles. The first-order valence-electron chi connectivity index (χ1n) is 6.73. The number of piperazine rings is 1. The molecule has 1 fully saturated rings. The van der Waals surface area contributed by atoms with Crippen LogP contribution in [-0.4, -0.2) is 85.2 Å². The van der Waals surface area contributed by atoms with E-state index in [1.807, 2.05) is 0 Å². The summed E-state index contributed by atoms with van der Waals surface area (Å²) in [6, 6.07) is 0.746. The lowest BCUT2D eigenvalue weighted by Gasteiger charge is -2.37. The lowest BCUT2D eigenvalue weighted by atomic mass is 10.2. The SMILES string of the molecule is CNc1nc(NCC2CN(C)CCN2C)nc(OC)n1. The van der Waals surface area contributed by atoms with Crippen LogP contribution in [0.5, 0.6) is 6.01 Å². The van der Waals surface area contributed by atoms with Crippen molar-refractivity contribution in [2.75, 3.05) is 65.1 Å². The fourth-order valence-electron chi connectivity index (χ4n) is 2.17. The minimum Gasteiger partial charge on any atom is -0.467 e. The van der Waals surface area contributed by atoms with Crippen LogP contribution in [0.2, 0.25) is 0 Å². The maximum Gasteiger partial charge on any atom is 0.322 e. The number of aromatic nitrogens is 3. The first-order chi connectivity index (χ1) is 9.62. The Kier molecular flexibility index (Phi) is 4.91. The number of ether oxygens (including phenoxy) is 1. The molecule has 2 heterocycles. The van der Waals surface area contributed by atoms with E-state index in [0.29, 0.717) is 23.9 Å². The fourth-order valence-corrected chi connectivity index (χ4v) is 2.17. The van der Waals surface area contributed by atoms with Gasteiger partial charge < -0.3 is 20.3 Å². The second-order valence-electron chi connectivity index (χ2n) is 5.00. The summed E-state index contributed by atoms with van der Waals surface area (Å²) in [6.07, 6.45) is 0. The van der Waals surface area contributed by atoms with Crippen LogP contribution >= 0.6 is 0 Å². The van der Waals surface area contributed by atoms with Gasteiger partial charge in [0.15, 0.2) is 0 Å². The maximum atomic E-state index is 5.07. The molecule has 0 spiro atoms. The van der Waals surface area contributed by atoms with E-state index in [0.717, 1.165) is 26.2 Å². The minimum atomic E-state index is 0.306. The van der Waals surface area contributed by atoms with E-state index in [-0.39, 0.29) is 0 Å². The molecule has 0 saturated carbocycles. The van der Waals surface area contributed by atoms with Crippen molar-refractivity contribution in [1.29, 1.82) is 0 Å². The summed E-state index contributed by atoms with van der Waals surface area (Å²) in [5, 5.41) is 6.16. The van der Waals surface area contributed by atoms with Crippen molar-refractivity contribution in [3.05, 3.63) is 0 Å². The first-order valence-corrected chi connectivity index (χ1v) is 6.73. The topological polar surface area (TPSA) is 78.4 Å². The third kappa shape index (κ3) is 3.67. The largest absolute Gasteiger partial charge is 0.467 e. The van der Waals surface area contributed by atoms with Gasteiger partial charge in [0.25, 0.3) is 0 Å². The number of nitrogens with one attached hydrogen (secondary N) is 2. The van der Waals surface area contributed by atoms with Crippen molar-refractivity contribution in [2.24, 2.45) is 0 Å². The van der Waals surface area contributed by atoms with Gasteiger partial charge in [-0.2, -0.15) is 15.0 Å². The number of rotatable bonds is 5. The molecule has 2 rings (SSSR count). The monoisotopic (exact) mass is 281 g/mol. The lowest BCUT2D eigenvalue weighted by Crippen LogP contribution is -2.52. The van der Waals surface area contributed by atoms with E-state index < -0.39 is 0 Å². The Balaban J connectivity index is 1.99. The van der Waals surface area contributed by atoms with Gasteiger partial charge in [0.1, 0.15) is 0 Å². The highest BCUT2D eigenvalue weighted by atomic mass is 16.5. The summed E-state index contributed by atoms with van der Waals surface area (Å²) >= 11 is 0. The van der Waals surface area contributed by atoms with Gasteiger partial charge in [0.05, 0.1) is 7.11 Å². The van der Waals surface area contributed by atoms with Crippen molar-refractivity contribution >= 4 is 11.9 Å². The van der Waals surface area contributed by atoms with E-state index in [2.05, 4.69) is 49.5 Å². The summed E-state index contributed by atoms with van der Waals surface area (Å²) in [5.41, 5.74) is 0. The van der Waals surface area contributed by atoms with Crippen molar-refractivity contribution < 1.29 is 4.74 Å². The Labute approximate surface area is 119 Å². The number of likely N-dealkylation sites (N-methyl/N-ethyl adjacent to an activating group) is 2. The van der Waals surface area contributed by atoms with Gasteiger partial charge in [-0.15, -0.1) is 0 Å². The van der Waals surface area contributed by atoms with Gasteiger partial charge in [-0.3, -0.25) is 4.90 Å². The fraction of sp³-hybridized carbons (Fsp3) is 0.750. The minimum absolute atomic E-state index is 0.306. The summed E-state index contributed by atoms with van der Waals surface area (Å²) in [4.78, 5) is 17.2. The summed E-state index contributed by atoms with van der Waals surface area (Å²) < 4.78 is 5.07. The summed E-state index contributed by atoms with van der Waals surface area (Å²) in [5.74, 6) is 1.02. The molecule has 0 amide bonds. The van der Waals surface area contributed by atoms with Gasteiger partial charge in [-0.05, 0) is 14.1 Å². The Morgan fingerprint density at radius 3 is 2.65 bits per heavy atom. The van der Waals surface area contributed by atoms with Gasteiger partial charge in [-0.25, -0.2) is 0 Å². The highest BCUT2D eigenvalue weighted by molar-refractivity contribution is 5.35. The van der Waals surface area contributed by atoms with Gasteiger partial charge in [-0.1, -0.05) is 0 Å². The standard InChI is InChI=1S/C12H23N7O/c1-13-10-15-11(17-12(16-10)20-4)14-7-9-8-18(2)5-6-19(9)3/h9H,5-8H2,1-4H3,(H2,13,14,15,16,17). The Hall–Kier alpha value is -1.67. The molecule has 20 heavy (non-hydrogen) atoms. The Morgan fingerprint density at radius 2 is 1.95 bits per heavy atom. The average Bonchev–Trinajstić information content (AvgIpc) is 2.47. The van der Waals surface area contributed by atoms with Crippen LogP contribution in [0.15, 0.2) is 0 Å². The van der Waals surface area contributed by atoms with Crippen LogP contribution < -0.4 is 15.4 Å². The lowest BCUT2D eigenvalue weighted by molar-refractivity contribution is 0.121. The molecule has 8 heteroatoms. The second kappa shape index (κ2) is 6.67.